The molecule has 0 saturated carbocycles. The SMILES string of the molecule is CCC(C)CN(CC)Cc1ccc(F)cc1C#CCN. The summed E-state index contributed by atoms with van der Waals surface area (Å²) in [5, 5.41) is 0. The van der Waals surface area contributed by atoms with Crippen LogP contribution in [0, 0.1) is 23.6 Å². The summed E-state index contributed by atoms with van der Waals surface area (Å²) < 4.78 is 13.3. The fraction of sp³-hybridized carbons (Fsp3) is 0.529. The lowest BCUT2D eigenvalue weighted by atomic mass is 10.0. The van der Waals surface area contributed by atoms with Crippen LogP contribution in [0.2, 0.25) is 0 Å². The lowest BCUT2D eigenvalue weighted by Crippen LogP contribution is -2.28. The first-order valence-corrected chi connectivity index (χ1v) is 7.30. The van der Waals surface area contributed by atoms with E-state index in [0.717, 1.165) is 30.8 Å². The van der Waals surface area contributed by atoms with Crippen LogP contribution in [0.1, 0.15) is 38.3 Å². The van der Waals surface area contributed by atoms with Crippen LogP contribution >= 0.6 is 0 Å². The molecule has 2 nitrogen and oxygen atoms in total. The minimum atomic E-state index is -0.250. The minimum absolute atomic E-state index is 0.250. The van der Waals surface area contributed by atoms with E-state index in [2.05, 4.69) is 37.5 Å². The Hall–Kier alpha value is -1.37. The second-order valence-corrected chi connectivity index (χ2v) is 5.15. The molecule has 0 heterocycles. The molecule has 0 aliphatic carbocycles. The van der Waals surface area contributed by atoms with Crippen LogP contribution in [0.3, 0.4) is 0 Å². The molecule has 1 aromatic carbocycles. The number of hydrogen-bond acceptors (Lipinski definition) is 2. The van der Waals surface area contributed by atoms with E-state index in [1.807, 2.05) is 6.07 Å². The molecule has 1 rings (SSSR count). The molecular weight excluding hydrogens is 251 g/mol. The lowest BCUT2D eigenvalue weighted by Gasteiger charge is -2.24. The quantitative estimate of drug-likeness (QED) is 0.809. The van der Waals surface area contributed by atoms with Gasteiger partial charge in [-0.1, -0.05) is 45.1 Å². The minimum Gasteiger partial charge on any atom is -0.320 e. The molecule has 1 atom stereocenters. The standard InChI is InChI=1S/C17H25FN2/c1-4-14(3)12-20(5-2)13-16-8-9-17(18)11-15(16)7-6-10-19/h8-9,11,14H,4-5,10,12-13,19H2,1-3H3. The third-order valence-electron chi connectivity index (χ3n) is 3.50. The summed E-state index contributed by atoms with van der Waals surface area (Å²) in [6, 6.07) is 4.82. The van der Waals surface area contributed by atoms with Gasteiger partial charge in [-0.25, -0.2) is 4.39 Å². The number of rotatable bonds is 6. The molecule has 0 aliphatic rings. The molecule has 0 spiro atoms. The van der Waals surface area contributed by atoms with Gasteiger partial charge in [0.15, 0.2) is 0 Å². The van der Waals surface area contributed by atoms with Crippen molar-refractivity contribution in [3.05, 3.63) is 35.1 Å². The fourth-order valence-electron chi connectivity index (χ4n) is 2.07. The molecule has 0 aromatic heterocycles. The molecule has 0 amide bonds. The number of benzene rings is 1. The maximum atomic E-state index is 13.3. The van der Waals surface area contributed by atoms with Crippen LogP contribution in [0.15, 0.2) is 18.2 Å². The Morgan fingerprint density at radius 3 is 2.70 bits per heavy atom. The van der Waals surface area contributed by atoms with Crippen molar-refractivity contribution >= 4 is 0 Å². The third-order valence-corrected chi connectivity index (χ3v) is 3.50. The monoisotopic (exact) mass is 276 g/mol. The van der Waals surface area contributed by atoms with Crippen molar-refractivity contribution < 1.29 is 4.39 Å². The van der Waals surface area contributed by atoms with E-state index in [1.165, 1.54) is 18.6 Å². The van der Waals surface area contributed by atoms with Crippen LogP contribution in [0.5, 0.6) is 0 Å². The average molecular weight is 276 g/mol. The molecule has 110 valence electrons. The molecule has 0 aliphatic heterocycles. The summed E-state index contributed by atoms with van der Waals surface area (Å²) in [6.45, 7) is 9.73. The Labute approximate surface area is 122 Å². The Morgan fingerprint density at radius 2 is 2.10 bits per heavy atom. The zero-order valence-electron chi connectivity index (χ0n) is 12.7. The van der Waals surface area contributed by atoms with E-state index in [-0.39, 0.29) is 5.82 Å². The molecule has 2 N–H and O–H groups in total. The Morgan fingerprint density at radius 1 is 1.35 bits per heavy atom. The maximum absolute atomic E-state index is 13.3. The van der Waals surface area contributed by atoms with Crippen LogP contribution in [0.25, 0.3) is 0 Å². The van der Waals surface area contributed by atoms with Crippen LogP contribution in [0.4, 0.5) is 4.39 Å². The molecule has 1 unspecified atom stereocenters. The van der Waals surface area contributed by atoms with Gasteiger partial charge in [-0.2, -0.15) is 0 Å². The van der Waals surface area contributed by atoms with E-state index in [9.17, 15) is 4.39 Å². The number of hydrogen-bond donors (Lipinski definition) is 1. The van der Waals surface area contributed by atoms with Crippen molar-refractivity contribution in [2.45, 2.75) is 33.7 Å². The molecule has 0 bridgehead atoms. The van der Waals surface area contributed by atoms with Crippen molar-refractivity contribution in [1.29, 1.82) is 0 Å². The summed E-state index contributed by atoms with van der Waals surface area (Å²) >= 11 is 0. The zero-order chi connectivity index (χ0) is 15.0. The number of halogens is 1. The van der Waals surface area contributed by atoms with Crippen molar-refractivity contribution in [3.8, 4) is 11.8 Å². The van der Waals surface area contributed by atoms with Gasteiger partial charge in [0, 0.05) is 18.7 Å². The van der Waals surface area contributed by atoms with Gasteiger partial charge in [0.25, 0.3) is 0 Å². The van der Waals surface area contributed by atoms with Gasteiger partial charge in [0.1, 0.15) is 5.82 Å². The predicted octanol–water partition coefficient (Wildman–Crippen LogP) is 3.00. The molecule has 0 saturated heterocycles. The van der Waals surface area contributed by atoms with Gasteiger partial charge >= 0.3 is 0 Å². The first-order valence-electron chi connectivity index (χ1n) is 7.30. The fourth-order valence-corrected chi connectivity index (χ4v) is 2.07. The van der Waals surface area contributed by atoms with E-state index in [1.54, 1.807) is 0 Å². The van der Waals surface area contributed by atoms with E-state index in [4.69, 9.17) is 5.73 Å². The van der Waals surface area contributed by atoms with Gasteiger partial charge in [-0.15, -0.1) is 0 Å². The van der Waals surface area contributed by atoms with Crippen LogP contribution in [-0.4, -0.2) is 24.5 Å². The largest absolute Gasteiger partial charge is 0.320 e. The van der Waals surface area contributed by atoms with Crippen LogP contribution < -0.4 is 5.73 Å². The summed E-state index contributed by atoms with van der Waals surface area (Å²) in [5.74, 6) is 6.19. The second kappa shape index (κ2) is 8.73. The predicted molar refractivity (Wildman–Crippen MR) is 82.7 cm³/mol. The number of nitrogens with two attached hydrogens (primary N) is 1. The maximum Gasteiger partial charge on any atom is 0.124 e. The molecule has 0 radical (unpaired) electrons. The Kier molecular flexibility index (Phi) is 7.28. The second-order valence-electron chi connectivity index (χ2n) is 5.15. The molecular formula is C17H25FN2. The lowest BCUT2D eigenvalue weighted by molar-refractivity contribution is 0.238. The zero-order valence-corrected chi connectivity index (χ0v) is 12.7. The van der Waals surface area contributed by atoms with Gasteiger partial charge in [-0.05, 0) is 30.2 Å². The first kappa shape index (κ1) is 16.7. The molecule has 0 fully saturated rings. The summed E-state index contributed by atoms with van der Waals surface area (Å²) in [4.78, 5) is 2.37. The highest BCUT2D eigenvalue weighted by Gasteiger charge is 2.10. The van der Waals surface area contributed by atoms with Gasteiger partial charge < -0.3 is 5.73 Å². The Balaban J connectivity index is 2.89. The van der Waals surface area contributed by atoms with Gasteiger partial charge in [0.05, 0.1) is 6.54 Å². The van der Waals surface area contributed by atoms with Crippen molar-refractivity contribution in [3.63, 3.8) is 0 Å². The normalized spacial score (nSPS) is 12.1. The summed E-state index contributed by atoms with van der Waals surface area (Å²) in [5.41, 5.74) is 7.21. The first-order chi connectivity index (χ1) is 9.60. The van der Waals surface area contributed by atoms with E-state index in [0.29, 0.717) is 12.5 Å². The van der Waals surface area contributed by atoms with E-state index < -0.39 is 0 Å². The topological polar surface area (TPSA) is 29.3 Å². The third kappa shape index (κ3) is 5.32. The van der Waals surface area contributed by atoms with Crippen molar-refractivity contribution in [2.24, 2.45) is 11.7 Å². The highest BCUT2D eigenvalue weighted by Crippen LogP contribution is 2.15. The highest BCUT2D eigenvalue weighted by atomic mass is 19.1. The highest BCUT2D eigenvalue weighted by molar-refractivity contribution is 5.41. The number of nitrogens with zero attached hydrogens (tertiary/aromatic N) is 1. The molecule has 20 heavy (non-hydrogen) atoms. The van der Waals surface area contributed by atoms with Crippen molar-refractivity contribution in [1.82, 2.24) is 4.90 Å². The smallest absolute Gasteiger partial charge is 0.124 e. The summed E-state index contributed by atoms with van der Waals surface area (Å²) in [6.07, 6.45) is 1.17. The van der Waals surface area contributed by atoms with Crippen LogP contribution in [-0.2, 0) is 6.54 Å². The van der Waals surface area contributed by atoms with Crippen molar-refractivity contribution in [2.75, 3.05) is 19.6 Å². The summed E-state index contributed by atoms with van der Waals surface area (Å²) in [7, 11) is 0. The van der Waals surface area contributed by atoms with Gasteiger partial charge in [0.2, 0.25) is 0 Å². The molecule has 3 heteroatoms. The average Bonchev–Trinajstić information content (AvgIpc) is 2.46. The Bertz CT molecular complexity index is 474. The van der Waals surface area contributed by atoms with Gasteiger partial charge in [-0.3, -0.25) is 4.90 Å². The molecule has 1 aromatic rings. The van der Waals surface area contributed by atoms with E-state index >= 15 is 0 Å².